The number of esters is 1. The second kappa shape index (κ2) is 8.87. The molecule has 1 aliphatic heterocycles. The lowest BCUT2D eigenvalue weighted by atomic mass is 9.81. The lowest BCUT2D eigenvalue weighted by molar-refractivity contribution is -0.139. The Kier molecular flexibility index (Phi) is 6.49. The van der Waals surface area contributed by atoms with Crippen LogP contribution < -0.4 is 4.72 Å². The normalized spacial score (nSPS) is 19.1. The van der Waals surface area contributed by atoms with E-state index in [1.165, 1.54) is 7.11 Å². The number of ether oxygens (including phenoxy) is 1. The van der Waals surface area contributed by atoms with Crippen molar-refractivity contribution in [3.05, 3.63) is 53.4 Å². The van der Waals surface area contributed by atoms with Gasteiger partial charge < -0.3 is 9.64 Å². The second-order valence-corrected chi connectivity index (χ2v) is 8.77. The Morgan fingerprint density at radius 1 is 1.28 bits per heavy atom. The van der Waals surface area contributed by atoms with Gasteiger partial charge in [-0.05, 0) is 42.7 Å². The average molecular weight is 422 g/mol. The highest BCUT2D eigenvalue weighted by Gasteiger charge is 2.30. The van der Waals surface area contributed by atoms with Gasteiger partial charge in [-0.2, -0.15) is 0 Å². The molecular weight excluding hydrogens is 399 g/mol. The lowest BCUT2D eigenvalue weighted by Crippen LogP contribution is -2.46. The van der Waals surface area contributed by atoms with Crippen LogP contribution in [-0.4, -0.2) is 51.9 Å². The molecule has 1 aromatic rings. The Bertz CT molecular complexity index is 954. The molecule has 1 aliphatic carbocycles. The van der Waals surface area contributed by atoms with Gasteiger partial charge in [0.15, 0.2) is 0 Å². The van der Waals surface area contributed by atoms with Crippen molar-refractivity contribution in [3.63, 3.8) is 0 Å². The summed E-state index contributed by atoms with van der Waals surface area (Å²) in [6, 6.07) is 4.41. The first-order valence-corrected chi connectivity index (χ1v) is 10.8. The molecule has 1 N–H and O–H groups in total. The number of hydrogen-bond acceptors (Lipinski definition) is 5. The fourth-order valence-corrected chi connectivity index (χ4v) is 4.62. The molecule has 1 fully saturated rings. The number of nitrogens with one attached hydrogen (secondary N) is 1. The van der Waals surface area contributed by atoms with Crippen molar-refractivity contribution in [2.75, 3.05) is 26.7 Å². The monoisotopic (exact) mass is 422 g/mol. The first-order valence-electron chi connectivity index (χ1n) is 9.28. The van der Waals surface area contributed by atoms with E-state index in [9.17, 15) is 22.4 Å². The van der Waals surface area contributed by atoms with Crippen LogP contribution in [0.4, 0.5) is 4.39 Å². The minimum absolute atomic E-state index is 0.0968. The van der Waals surface area contributed by atoms with Crippen LogP contribution in [-0.2, 0) is 24.3 Å². The van der Waals surface area contributed by atoms with Gasteiger partial charge in [-0.1, -0.05) is 17.7 Å². The van der Waals surface area contributed by atoms with Crippen LogP contribution in [0.5, 0.6) is 0 Å². The molecule has 1 unspecified atom stereocenters. The van der Waals surface area contributed by atoms with Crippen molar-refractivity contribution in [1.82, 2.24) is 9.62 Å². The molecule has 1 aromatic carbocycles. The molecular formula is C20H23FN2O5S. The van der Waals surface area contributed by atoms with Crippen LogP contribution in [0.25, 0.3) is 0 Å². The maximum atomic E-state index is 13.0. The van der Waals surface area contributed by atoms with E-state index in [1.54, 1.807) is 4.90 Å². The molecule has 3 rings (SSSR count). The minimum Gasteiger partial charge on any atom is -0.469 e. The molecule has 1 atom stereocenters. The van der Waals surface area contributed by atoms with Crippen molar-refractivity contribution in [1.29, 1.82) is 0 Å². The van der Waals surface area contributed by atoms with E-state index >= 15 is 0 Å². The van der Waals surface area contributed by atoms with Gasteiger partial charge in [0.05, 0.1) is 25.0 Å². The summed E-state index contributed by atoms with van der Waals surface area (Å²) in [5.41, 5.74) is 2.10. The number of nitrogens with zero attached hydrogens (tertiary/aromatic N) is 1. The van der Waals surface area contributed by atoms with Gasteiger partial charge >= 0.3 is 5.97 Å². The summed E-state index contributed by atoms with van der Waals surface area (Å²) in [7, 11) is -2.54. The highest BCUT2D eigenvalue weighted by Crippen LogP contribution is 2.34. The number of fused-ring (bicyclic) bond motifs is 1. The number of methoxy groups -OCH3 is 1. The van der Waals surface area contributed by atoms with E-state index in [2.05, 4.69) is 4.72 Å². The Morgan fingerprint density at radius 3 is 2.69 bits per heavy atom. The third-order valence-corrected chi connectivity index (χ3v) is 6.61. The Labute approximate surface area is 169 Å². The van der Waals surface area contributed by atoms with Gasteiger partial charge in [0.25, 0.3) is 0 Å². The van der Waals surface area contributed by atoms with Gasteiger partial charge in [-0.25, -0.2) is 17.5 Å². The summed E-state index contributed by atoms with van der Waals surface area (Å²) < 4.78 is 44.5. The van der Waals surface area contributed by atoms with E-state index in [-0.39, 0.29) is 35.7 Å². The summed E-state index contributed by atoms with van der Waals surface area (Å²) >= 11 is 0. The summed E-state index contributed by atoms with van der Waals surface area (Å²) in [5.74, 6) is -1.04. The summed E-state index contributed by atoms with van der Waals surface area (Å²) in [4.78, 5) is 25.7. The van der Waals surface area contributed by atoms with Crippen LogP contribution in [0.2, 0.25) is 0 Å². The largest absolute Gasteiger partial charge is 0.469 e. The van der Waals surface area contributed by atoms with E-state index < -0.39 is 15.8 Å². The molecule has 9 heteroatoms. The molecule has 0 spiro atoms. The van der Waals surface area contributed by atoms with Crippen LogP contribution in [0, 0.1) is 11.7 Å². The molecule has 1 heterocycles. The number of hydrogen-bond donors (Lipinski definition) is 1. The summed E-state index contributed by atoms with van der Waals surface area (Å²) in [5, 5.41) is 0. The number of carbonyl (C=O) groups excluding carboxylic acids is 2. The molecule has 1 amide bonds. The van der Waals surface area contributed by atoms with Crippen LogP contribution >= 0.6 is 0 Å². The predicted molar refractivity (Wildman–Crippen MR) is 104 cm³/mol. The zero-order valence-electron chi connectivity index (χ0n) is 16.1. The van der Waals surface area contributed by atoms with E-state index in [1.807, 2.05) is 12.2 Å². The van der Waals surface area contributed by atoms with Crippen molar-refractivity contribution in [2.45, 2.75) is 24.2 Å². The molecule has 29 heavy (non-hydrogen) atoms. The number of rotatable bonds is 6. The summed E-state index contributed by atoms with van der Waals surface area (Å²) in [6.07, 6.45) is 5.54. The molecule has 0 radical (unpaired) electrons. The number of halogens is 1. The molecule has 0 bridgehead atoms. The van der Waals surface area contributed by atoms with Crippen molar-refractivity contribution >= 4 is 21.9 Å². The van der Waals surface area contributed by atoms with Gasteiger partial charge in [0, 0.05) is 19.0 Å². The molecule has 156 valence electrons. The van der Waals surface area contributed by atoms with Gasteiger partial charge in [0.2, 0.25) is 15.9 Å². The number of sulfonamides is 1. The number of piperidine rings is 1. The quantitative estimate of drug-likeness (QED) is 0.706. The van der Waals surface area contributed by atoms with Crippen LogP contribution in [0.1, 0.15) is 19.3 Å². The van der Waals surface area contributed by atoms with Crippen molar-refractivity contribution < 1.29 is 27.1 Å². The third-order valence-electron chi connectivity index (χ3n) is 5.19. The van der Waals surface area contributed by atoms with E-state index in [4.69, 9.17) is 4.74 Å². The molecule has 0 aromatic heterocycles. The van der Waals surface area contributed by atoms with Gasteiger partial charge in [-0.3, -0.25) is 9.59 Å². The fourth-order valence-electron chi connectivity index (χ4n) is 3.64. The Hall–Kier alpha value is -2.52. The molecule has 0 saturated carbocycles. The predicted octanol–water partition coefficient (Wildman–Crippen LogP) is 1.77. The first-order chi connectivity index (χ1) is 13.8. The Morgan fingerprint density at radius 2 is 2.00 bits per heavy atom. The molecule has 2 aliphatic rings. The van der Waals surface area contributed by atoms with Crippen molar-refractivity contribution in [2.24, 2.45) is 5.92 Å². The van der Waals surface area contributed by atoms with Crippen molar-refractivity contribution in [3.8, 4) is 0 Å². The van der Waals surface area contributed by atoms with E-state index in [0.29, 0.717) is 19.5 Å². The summed E-state index contributed by atoms with van der Waals surface area (Å²) in [6.45, 7) is 0.569. The average Bonchev–Trinajstić information content (AvgIpc) is 2.72. The lowest BCUT2D eigenvalue weighted by Gasteiger charge is -2.37. The smallest absolute Gasteiger partial charge is 0.309 e. The van der Waals surface area contributed by atoms with Gasteiger partial charge in [-0.15, -0.1) is 0 Å². The number of benzene rings is 1. The highest BCUT2D eigenvalue weighted by molar-refractivity contribution is 7.89. The minimum atomic E-state index is -3.90. The second-order valence-electron chi connectivity index (χ2n) is 7.01. The molecule has 1 saturated heterocycles. The zero-order chi connectivity index (χ0) is 21.0. The van der Waals surface area contributed by atoms with Crippen LogP contribution in [0.3, 0.4) is 0 Å². The molecule has 7 nitrogen and oxygen atoms in total. The first kappa shape index (κ1) is 21.2. The standard InChI is InChI=1S/C20H23FN2O5S/c1-28-20(25)11-14-3-2-4-15-13-23(10-9-18(14)15)19(24)12-22-29(26,27)17-7-5-16(21)6-8-17/h2-3,5-8,15,22H,4,9-13H2,1H3. The Balaban J connectivity index is 1.60. The van der Waals surface area contributed by atoms with Crippen LogP contribution in [0.15, 0.2) is 52.5 Å². The number of amides is 1. The third kappa shape index (κ3) is 5.10. The topological polar surface area (TPSA) is 92.8 Å². The highest BCUT2D eigenvalue weighted by atomic mass is 32.2. The maximum Gasteiger partial charge on any atom is 0.309 e. The zero-order valence-corrected chi connectivity index (χ0v) is 16.9. The SMILES string of the molecule is COC(=O)CC1=C2CCN(C(=O)CNS(=O)(=O)c3ccc(F)cc3)CC2CC=C1. The fraction of sp³-hybridized carbons (Fsp3) is 0.400. The number of allylic oxidation sites excluding steroid dienone is 2. The van der Waals surface area contributed by atoms with E-state index in [0.717, 1.165) is 41.8 Å². The maximum absolute atomic E-state index is 13.0. The van der Waals surface area contributed by atoms with Gasteiger partial charge in [0.1, 0.15) is 5.82 Å². The number of likely N-dealkylation sites (tertiary alicyclic amines) is 1. The number of carbonyl (C=O) groups is 2.